The minimum Gasteiger partial charge on any atom is -0.484 e. The lowest BCUT2D eigenvalue weighted by atomic mass is 10.0. The van der Waals surface area contributed by atoms with Gasteiger partial charge < -0.3 is 10.1 Å². The van der Waals surface area contributed by atoms with Gasteiger partial charge in [0.2, 0.25) is 0 Å². The van der Waals surface area contributed by atoms with Crippen molar-refractivity contribution in [3.63, 3.8) is 0 Å². The molecular weight excluding hydrogens is 460 g/mol. The largest absolute Gasteiger partial charge is 0.484 e. The number of halogens is 2. The highest BCUT2D eigenvalue weighted by atomic mass is 127. The molecule has 0 aromatic heterocycles. The second-order valence-corrected chi connectivity index (χ2v) is 6.84. The van der Waals surface area contributed by atoms with Gasteiger partial charge in [-0.2, -0.15) is 0 Å². The Bertz CT molecular complexity index is 956. The van der Waals surface area contributed by atoms with E-state index in [0.29, 0.717) is 16.9 Å². The van der Waals surface area contributed by atoms with Crippen molar-refractivity contribution in [2.75, 3.05) is 11.9 Å². The smallest absolute Gasteiger partial charge is 0.262 e. The summed E-state index contributed by atoms with van der Waals surface area (Å²) in [6, 6.07) is 19.3. The van der Waals surface area contributed by atoms with Crippen molar-refractivity contribution >= 4 is 40.0 Å². The standard InChI is InChI=1S/C21H15FINO3/c22-16-9-5-14(6-10-16)21(26)15-7-11-17(12-8-15)27-13-20(25)24-19-4-2-1-3-18(19)23/h1-12H,13H2,(H,24,25). The Morgan fingerprint density at radius 1 is 0.889 bits per heavy atom. The normalized spacial score (nSPS) is 10.3. The summed E-state index contributed by atoms with van der Waals surface area (Å²) in [7, 11) is 0. The van der Waals surface area contributed by atoms with E-state index in [4.69, 9.17) is 4.74 Å². The molecule has 0 aliphatic heterocycles. The SMILES string of the molecule is O=C(COc1ccc(C(=O)c2ccc(F)cc2)cc1)Nc1ccccc1I. The van der Waals surface area contributed by atoms with Gasteiger partial charge in [-0.25, -0.2) is 4.39 Å². The molecule has 0 saturated heterocycles. The van der Waals surface area contributed by atoms with Crippen LogP contribution in [0.2, 0.25) is 0 Å². The summed E-state index contributed by atoms with van der Waals surface area (Å²) in [6.45, 7) is -0.143. The first-order valence-electron chi connectivity index (χ1n) is 8.10. The molecule has 1 N–H and O–H groups in total. The fourth-order valence-corrected chi connectivity index (χ4v) is 2.89. The predicted molar refractivity (Wildman–Crippen MR) is 110 cm³/mol. The second-order valence-electron chi connectivity index (χ2n) is 5.68. The van der Waals surface area contributed by atoms with Crippen LogP contribution in [0.1, 0.15) is 15.9 Å². The predicted octanol–water partition coefficient (Wildman–Crippen LogP) is 4.68. The first kappa shape index (κ1) is 19.0. The Morgan fingerprint density at radius 3 is 2.11 bits per heavy atom. The van der Waals surface area contributed by atoms with Crippen molar-refractivity contribution in [3.8, 4) is 5.75 Å². The van der Waals surface area contributed by atoms with Crippen LogP contribution in [0.15, 0.2) is 72.8 Å². The summed E-state index contributed by atoms with van der Waals surface area (Å²) in [4.78, 5) is 24.3. The van der Waals surface area contributed by atoms with Crippen LogP contribution < -0.4 is 10.1 Å². The molecule has 0 bridgehead atoms. The third-order valence-electron chi connectivity index (χ3n) is 3.74. The van der Waals surface area contributed by atoms with E-state index < -0.39 is 5.82 Å². The fraction of sp³-hybridized carbons (Fsp3) is 0.0476. The molecular formula is C21H15FINO3. The molecule has 0 unspecified atom stereocenters. The minimum absolute atomic E-state index is 0.143. The van der Waals surface area contributed by atoms with E-state index in [1.165, 1.54) is 24.3 Å². The van der Waals surface area contributed by atoms with Crippen LogP contribution in [0.4, 0.5) is 10.1 Å². The molecule has 4 nitrogen and oxygen atoms in total. The zero-order chi connectivity index (χ0) is 19.2. The van der Waals surface area contributed by atoms with E-state index in [1.807, 2.05) is 24.3 Å². The molecule has 0 aliphatic carbocycles. The second kappa shape index (κ2) is 8.77. The van der Waals surface area contributed by atoms with E-state index in [2.05, 4.69) is 27.9 Å². The molecule has 1 amide bonds. The topological polar surface area (TPSA) is 55.4 Å². The third kappa shape index (κ3) is 5.13. The number of ketones is 1. The van der Waals surface area contributed by atoms with Crippen molar-refractivity contribution < 1.29 is 18.7 Å². The third-order valence-corrected chi connectivity index (χ3v) is 4.68. The Balaban J connectivity index is 1.57. The summed E-state index contributed by atoms with van der Waals surface area (Å²) < 4.78 is 19.4. The zero-order valence-corrected chi connectivity index (χ0v) is 16.3. The fourth-order valence-electron chi connectivity index (χ4n) is 2.37. The molecule has 0 fully saturated rings. The van der Waals surface area contributed by atoms with Crippen LogP contribution in [0.5, 0.6) is 5.75 Å². The van der Waals surface area contributed by atoms with Crippen molar-refractivity contribution in [2.45, 2.75) is 0 Å². The van der Waals surface area contributed by atoms with Gasteiger partial charge in [-0.15, -0.1) is 0 Å². The van der Waals surface area contributed by atoms with Crippen LogP contribution >= 0.6 is 22.6 Å². The van der Waals surface area contributed by atoms with Gasteiger partial charge in [0.05, 0.1) is 5.69 Å². The maximum atomic E-state index is 13.0. The van der Waals surface area contributed by atoms with Gasteiger partial charge in [0.25, 0.3) is 5.91 Å². The summed E-state index contributed by atoms with van der Waals surface area (Å²) >= 11 is 2.14. The molecule has 0 aliphatic rings. The van der Waals surface area contributed by atoms with Gasteiger partial charge in [0, 0.05) is 14.7 Å². The van der Waals surface area contributed by atoms with Crippen molar-refractivity contribution in [1.82, 2.24) is 0 Å². The van der Waals surface area contributed by atoms with E-state index >= 15 is 0 Å². The zero-order valence-electron chi connectivity index (χ0n) is 14.1. The van der Waals surface area contributed by atoms with E-state index in [0.717, 1.165) is 9.26 Å². The molecule has 27 heavy (non-hydrogen) atoms. The molecule has 3 aromatic carbocycles. The summed E-state index contributed by atoms with van der Waals surface area (Å²) in [6.07, 6.45) is 0. The minimum atomic E-state index is -0.390. The van der Waals surface area contributed by atoms with Crippen LogP contribution in [0, 0.1) is 9.39 Å². The monoisotopic (exact) mass is 475 g/mol. The van der Waals surface area contributed by atoms with Gasteiger partial charge >= 0.3 is 0 Å². The number of rotatable bonds is 6. The highest BCUT2D eigenvalue weighted by Gasteiger charge is 2.10. The van der Waals surface area contributed by atoms with Gasteiger partial charge in [-0.1, -0.05) is 12.1 Å². The quantitative estimate of drug-likeness (QED) is 0.416. The lowest BCUT2D eigenvalue weighted by Crippen LogP contribution is -2.20. The molecule has 136 valence electrons. The van der Waals surface area contributed by atoms with Crippen LogP contribution in [0.25, 0.3) is 0 Å². The van der Waals surface area contributed by atoms with E-state index in [1.54, 1.807) is 24.3 Å². The molecule has 0 atom stereocenters. The Kier molecular flexibility index (Phi) is 6.18. The first-order valence-corrected chi connectivity index (χ1v) is 9.18. The number of carbonyl (C=O) groups is 2. The molecule has 0 saturated carbocycles. The number of carbonyl (C=O) groups excluding carboxylic acids is 2. The summed E-state index contributed by atoms with van der Waals surface area (Å²) in [5.41, 5.74) is 1.59. The first-order chi connectivity index (χ1) is 13.0. The lowest BCUT2D eigenvalue weighted by Gasteiger charge is -2.09. The number of hydrogen-bond donors (Lipinski definition) is 1. The van der Waals surface area contributed by atoms with Gasteiger partial charge in [0.15, 0.2) is 12.4 Å². The number of nitrogens with one attached hydrogen (secondary N) is 1. The Labute approximate surface area is 169 Å². The number of anilines is 1. The van der Waals surface area contributed by atoms with Crippen LogP contribution in [-0.2, 0) is 4.79 Å². The van der Waals surface area contributed by atoms with Crippen LogP contribution in [-0.4, -0.2) is 18.3 Å². The summed E-state index contributed by atoms with van der Waals surface area (Å²) in [5.74, 6) is -0.397. The van der Waals surface area contributed by atoms with Gasteiger partial charge in [-0.05, 0) is 83.3 Å². The number of hydrogen-bond acceptors (Lipinski definition) is 3. The molecule has 3 aromatic rings. The molecule has 0 heterocycles. The van der Waals surface area contributed by atoms with E-state index in [-0.39, 0.29) is 18.3 Å². The van der Waals surface area contributed by atoms with Crippen molar-refractivity contribution in [1.29, 1.82) is 0 Å². The lowest BCUT2D eigenvalue weighted by molar-refractivity contribution is -0.118. The van der Waals surface area contributed by atoms with Crippen LogP contribution in [0.3, 0.4) is 0 Å². The summed E-state index contributed by atoms with van der Waals surface area (Å²) in [5, 5.41) is 2.78. The highest BCUT2D eigenvalue weighted by molar-refractivity contribution is 14.1. The molecule has 0 radical (unpaired) electrons. The van der Waals surface area contributed by atoms with Gasteiger partial charge in [-0.3, -0.25) is 9.59 Å². The van der Waals surface area contributed by atoms with Crippen molar-refractivity contribution in [2.24, 2.45) is 0 Å². The number of benzene rings is 3. The number of para-hydroxylation sites is 1. The maximum Gasteiger partial charge on any atom is 0.262 e. The number of amides is 1. The Hall–Kier alpha value is -2.74. The average Bonchev–Trinajstić information content (AvgIpc) is 2.69. The number of ether oxygens (including phenoxy) is 1. The molecule has 6 heteroatoms. The Morgan fingerprint density at radius 2 is 1.48 bits per heavy atom. The maximum absolute atomic E-state index is 13.0. The molecule has 3 rings (SSSR count). The molecule has 0 spiro atoms. The van der Waals surface area contributed by atoms with Gasteiger partial charge in [0.1, 0.15) is 11.6 Å². The average molecular weight is 475 g/mol. The highest BCUT2D eigenvalue weighted by Crippen LogP contribution is 2.18. The van der Waals surface area contributed by atoms with E-state index in [9.17, 15) is 14.0 Å². The van der Waals surface area contributed by atoms with Crippen molar-refractivity contribution in [3.05, 3.63) is 93.3 Å².